The number of hydrogen-bond donors (Lipinski definition) is 1. The van der Waals surface area contributed by atoms with Crippen molar-refractivity contribution < 1.29 is 4.79 Å². The Morgan fingerprint density at radius 1 is 1.16 bits per heavy atom. The van der Waals surface area contributed by atoms with E-state index >= 15 is 0 Å². The van der Waals surface area contributed by atoms with Gasteiger partial charge >= 0.3 is 0 Å². The highest BCUT2D eigenvalue weighted by atomic mass is 35.5. The van der Waals surface area contributed by atoms with Crippen molar-refractivity contribution in [1.82, 2.24) is 20.3 Å². The molecule has 1 aliphatic rings. The van der Waals surface area contributed by atoms with Crippen molar-refractivity contribution in [2.75, 3.05) is 0 Å². The number of nitrogens with one attached hydrogen (secondary N) is 1. The zero-order valence-electron chi connectivity index (χ0n) is 13.3. The van der Waals surface area contributed by atoms with Gasteiger partial charge in [-0.3, -0.25) is 4.79 Å². The third-order valence-electron chi connectivity index (χ3n) is 4.45. The van der Waals surface area contributed by atoms with E-state index in [0.29, 0.717) is 21.5 Å². The van der Waals surface area contributed by atoms with Crippen molar-refractivity contribution in [1.29, 1.82) is 0 Å². The molecule has 2 aromatic heterocycles. The number of amides is 1. The largest absolute Gasteiger partial charge is 0.341 e. The summed E-state index contributed by atoms with van der Waals surface area (Å²) in [6.45, 7) is 0. The third-order valence-corrected chi connectivity index (χ3v) is 5.54. The SMILES string of the molecule is O=C(NC1(c2ccc(Cl)cc2)CCC1)c1csc(-c2ncccn2)n1. The lowest BCUT2D eigenvalue weighted by Gasteiger charge is -2.43. The number of benzene rings is 1. The van der Waals surface area contributed by atoms with Gasteiger partial charge in [-0.25, -0.2) is 15.0 Å². The lowest BCUT2D eigenvalue weighted by Crippen LogP contribution is -2.50. The van der Waals surface area contributed by atoms with E-state index in [1.807, 2.05) is 24.3 Å². The normalized spacial score (nSPS) is 15.4. The van der Waals surface area contributed by atoms with Crippen LogP contribution in [0.2, 0.25) is 5.02 Å². The van der Waals surface area contributed by atoms with E-state index in [4.69, 9.17) is 11.6 Å². The van der Waals surface area contributed by atoms with E-state index in [9.17, 15) is 4.79 Å². The Balaban J connectivity index is 1.55. The first-order valence-electron chi connectivity index (χ1n) is 7.98. The topological polar surface area (TPSA) is 67.8 Å². The van der Waals surface area contributed by atoms with Crippen LogP contribution in [-0.4, -0.2) is 20.9 Å². The van der Waals surface area contributed by atoms with Crippen molar-refractivity contribution in [2.45, 2.75) is 24.8 Å². The molecule has 0 bridgehead atoms. The molecule has 1 aromatic carbocycles. The maximum absolute atomic E-state index is 12.7. The van der Waals surface area contributed by atoms with Crippen molar-refractivity contribution >= 4 is 28.8 Å². The van der Waals surface area contributed by atoms with Gasteiger partial charge in [0.2, 0.25) is 0 Å². The molecule has 3 aromatic rings. The fourth-order valence-electron chi connectivity index (χ4n) is 2.96. The predicted molar refractivity (Wildman–Crippen MR) is 97.6 cm³/mol. The van der Waals surface area contributed by atoms with Crippen molar-refractivity contribution in [3.63, 3.8) is 0 Å². The second kappa shape index (κ2) is 6.54. The van der Waals surface area contributed by atoms with E-state index in [1.165, 1.54) is 11.3 Å². The molecule has 126 valence electrons. The summed E-state index contributed by atoms with van der Waals surface area (Å²) >= 11 is 7.34. The minimum atomic E-state index is -0.325. The van der Waals surface area contributed by atoms with Crippen LogP contribution >= 0.6 is 22.9 Å². The highest BCUT2D eigenvalue weighted by Gasteiger charge is 2.40. The molecular formula is C18H15ClN4OS. The Kier molecular flexibility index (Phi) is 4.23. The Morgan fingerprint density at radius 2 is 1.88 bits per heavy atom. The molecular weight excluding hydrogens is 356 g/mol. The second-order valence-electron chi connectivity index (χ2n) is 6.01. The number of hydrogen-bond acceptors (Lipinski definition) is 5. The molecule has 25 heavy (non-hydrogen) atoms. The average Bonchev–Trinajstić information content (AvgIpc) is 3.10. The van der Waals surface area contributed by atoms with Gasteiger partial charge in [-0.05, 0) is 43.0 Å². The molecule has 2 heterocycles. The monoisotopic (exact) mass is 370 g/mol. The van der Waals surface area contributed by atoms with Crippen LogP contribution in [0.25, 0.3) is 10.8 Å². The molecule has 1 amide bonds. The van der Waals surface area contributed by atoms with Crippen LogP contribution in [-0.2, 0) is 5.54 Å². The fraction of sp³-hybridized carbons (Fsp3) is 0.222. The molecule has 0 radical (unpaired) electrons. The smallest absolute Gasteiger partial charge is 0.271 e. The van der Waals surface area contributed by atoms with E-state index in [1.54, 1.807) is 23.8 Å². The van der Waals surface area contributed by atoms with Crippen molar-refractivity contribution in [3.8, 4) is 10.8 Å². The molecule has 1 aliphatic carbocycles. The zero-order chi connectivity index (χ0) is 17.3. The van der Waals surface area contributed by atoms with E-state index < -0.39 is 0 Å². The van der Waals surface area contributed by atoms with Gasteiger partial charge in [-0.15, -0.1) is 11.3 Å². The second-order valence-corrected chi connectivity index (χ2v) is 7.30. The predicted octanol–water partition coefficient (Wildman–Crippen LogP) is 4.06. The summed E-state index contributed by atoms with van der Waals surface area (Å²) < 4.78 is 0. The molecule has 0 atom stereocenters. The number of nitrogens with zero attached hydrogens (tertiary/aromatic N) is 3. The molecule has 0 spiro atoms. The van der Waals surface area contributed by atoms with Gasteiger partial charge in [0.15, 0.2) is 10.8 Å². The summed E-state index contributed by atoms with van der Waals surface area (Å²) in [7, 11) is 0. The van der Waals surface area contributed by atoms with Gasteiger partial charge in [0, 0.05) is 22.8 Å². The zero-order valence-corrected chi connectivity index (χ0v) is 14.8. The van der Waals surface area contributed by atoms with E-state index in [-0.39, 0.29) is 11.4 Å². The summed E-state index contributed by atoms with van der Waals surface area (Å²) in [6, 6.07) is 9.42. The first-order valence-corrected chi connectivity index (χ1v) is 9.24. The van der Waals surface area contributed by atoms with Crippen LogP contribution < -0.4 is 5.32 Å². The van der Waals surface area contributed by atoms with Gasteiger partial charge in [-0.2, -0.15) is 0 Å². The Labute approximate surface area is 154 Å². The van der Waals surface area contributed by atoms with Gasteiger partial charge in [0.1, 0.15) is 5.69 Å². The lowest BCUT2D eigenvalue weighted by atomic mass is 9.71. The molecule has 0 saturated heterocycles. The summed E-state index contributed by atoms with van der Waals surface area (Å²) in [5, 5.41) is 6.24. The summed E-state index contributed by atoms with van der Waals surface area (Å²) in [5.41, 5.74) is 1.15. The van der Waals surface area contributed by atoms with Crippen LogP contribution in [0.3, 0.4) is 0 Å². The Morgan fingerprint density at radius 3 is 2.52 bits per heavy atom. The number of aromatic nitrogens is 3. The molecule has 5 nitrogen and oxygen atoms in total. The first kappa shape index (κ1) is 16.2. The number of halogens is 1. The van der Waals surface area contributed by atoms with Gasteiger partial charge in [-0.1, -0.05) is 23.7 Å². The number of thiazole rings is 1. The average molecular weight is 371 g/mol. The molecule has 1 saturated carbocycles. The molecule has 0 aliphatic heterocycles. The fourth-order valence-corrected chi connectivity index (χ4v) is 3.83. The standard InChI is InChI=1S/C18H15ClN4OS/c19-13-5-3-12(4-6-13)18(7-1-8-18)23-16(24)14-11-25-17(22-14)15-20-9-2-10-21-15/h2-6,9-11H,1,7-8H2,(H,23,24). The summed E-state index contributed by atoms with van der Waals surface area (Å²) in [4.78, 5) is 25.4. The highest BCUT2D eigenvalue weighted by molar-refractivity contribution is 7.13. The summed E-state index contributed by atoms with van der Waals surface area (Å²) in [6.07, 6.45) is 6.24. The molecule has 4 rings (SSSR count). The van der Waals surface area contributed by atoms with Crippen molar-refractivity contribution in [3.05, 3.63) is 64.4 Å². The van der Waals surface area contributed by atoms with Crippen LogP contribution in [0.1, 0.15) is 35.3 Å². The molecule has 1 fully saturated rings. The lowest BCUT2D eigenvalue weighted by molar-refractivity contribution is 0.0819. The van der Waals surface area contributed by atoms with Crippen LogP contribution in [0.5, 0.6) is 0 Å². The molecule has 1 N–H and O–H groups in total. The van der Waals surface area contributed by atoms with Crippen LogP contribution in [0, 0.1) is 0 Å². The Bertz CT molecular complexity index is 891. The Hall–Kier alpha value is -2.31. The molecule has 7 heteroatoms. The van der Waals surface area contributed by atoms with Crippen molar-refractivity contribution in [2.24, 2.45) is 0 Å². The third kappa shape index (κ3) is 3.15. The quantitative estimate of drug-likeness (QED) is 0.751. The van der Waals surface area contributed by atoms with E-state index in [0.717, 1.165) is 24.8 Å². The minimum absolute atomic E-state index is 0.173. The number of carbonyl (C=O) groups excluding carboxylic acids is 1. The van der Waals surface area contributed by atoms with Gasteiger partial charge in [0.25, 0.3) is 5.91 Å². The van der Waals surface area contributed by atoms with Gasteiger partial charge in [0.05, 0.1) is 5.54 Å². The van der Waals surface area contributed by atoms with Crippen LogP contribution in [0.15, 0.2) is 48.1 Å². The van der Waals surface area contributed by atoms with Crippen LogP contribution in [0.4, 0.5) is 0 Å². The molecule has 0 unspecified atom stereocenters. The first-order chi connectivity index (χ1) is 12.2. The maximum atomic E-state index is 12.7. The van der Waals surface area contributed by atoms with E-state index in [2.05, 4.69) is 20.3 Å². The maximum Gasteiger partial charge on any atom is 0.271 e. The number of carbonyl (C=O) groups is 1. The highest BCUT2D eigenvalue weighted by Crippen LogP contribution is 2.41. The van der Waals surface area contributed by atoms with Gasteiger partial charge < -0.3 is 5.32 Å². The summed E-state index contributed by atoms with van der Waals surface area (Å²) in [5.74, 6) is 0.357. The minimum Gasteiger partial charge on any atom is -0.341 e. The number of rotatable bonds is 4.